The lowest BCUT2D eigenvalue weighted by molar-refractivity contribution is 0.0696. The predicted octanol–water partition coefficient (Wildman–Crippen LogP) is 2.81. The Morgan fingerprint density at radius 3 is 2.52 bits per heavy atom. The molecule has 0 atom stereocenters. The van der Waals surface area contributed by atoms with E-state index in [1.54, 1.807) is 19.1 Å². The monoisotopic (exact) mass is 308 g/mol. The van der Waals surface area contributed by atoms with Gasteiger partial charge in [-0.05, 0) is 42.8 Å². The number of sulfone groups is 1. The van der Waals surface area contributed by atoms with Crippen LogP contribution in [0.25, 0.3) is 0 Å². The number of halogens is 1. The first-order valence-electron chi connectivity index (χ1n) is 6.11. The summed E-state index contributed by atoms with van der Waals surface area (Å²) < 4.78 is 38.2. The van der Waals surface area contributed by atoms with Crippen LogP contribution in [0.2, 0.25) is 0 Å². The minimum Gasteiger partial charge on any atom is -0.478 e. The lowest BCUT2D eigenvalue weighted by Gasteiger charge is -2.07. The maximum Gasteiger partial charge on any atom is 0.335 e. The van der Waals surface area contributed by atoms with Gasteiger partial charge >= 0.3 is 5.97 Å². The van der Waals surface area contributed by atoms with Gasteiger partial charge in [-0.1, -0.05) is 12.1 Å². The van der Waals surface area contributed by atoms with Crippen LogP contribution in [0.1, 0.15) is 21.5 Å². The molecule has 0 saturated carbocycles. The van der Waals surface area contributed by atoms with Crippen molar-refractivity contribution >= 4 is 15.8 Å². The fraction of sp³-hybridized carbons (Fsp3) is 0.133. The summed E-state index contributed by atoms with van der Waals surface area (Å²) >= 11 is 0. The number of hydrogen-bond donors (Lipinski definition) is 1. The zero-order valence-electron chi connectivity index (χ0n) is 11.2. The molecule has 0 heterocycles. The van der Waals surface area contributed by atoms with E-state index >= 15 is 0 Å². The molecule has 0 unspecified atom stereocenters. The van der Waals surface area contributed by atoms with Gasteiger partial charge in [0.2, 0.25) is 0 Å². The van der Waals surface area contributed by atoms with Crippen molar-refractivity contribution in [2.75, 3.05) is 0 Å². The van der Waals surface area contributed by atoms with Gasteiger partial charge < -0.3 is 5.11 Å². The molecule has 6 heteroatoms. The van der Waals surface area contributed by atoms with E-state index in [9.17, 15) is 17.6 Å². The van der Waals surface area contributed by atoms with Crippen molar-refractivity contribution in [3.63, 3.8) is 0 Å². The fourth-order valence-electron chi connectivity index (χ4n) is 1.92. The minimum atomic E-state index is -3.73. The Morgan fingerprint density at radius 1 is 1.19 bits per heavy atom. The summed E-state index contributed by atoms with van der Waals surface area (Å²) in [6.07, 6.45) is 0. The second-order valence-electron chi connectivity index (χ2n) is 4.69. The summed E-state index contributed by atoms with van der Waals surface area (Å²) in [5.41, 5.74) is 0.470. The molecule has 2 aromatic rings. The van der Waals surface area contributed by atoms with Crippen molar-refractivity contribution < 1.29 is 22.7 Å². The Balaban J connectivity index is 2.41. The van der Waals surface area contributed by atoms with Crippen LogP contribution in [0.5, 0.6) is 0 Å². The molecule has 2 aromatic carbocycles. The molecular weight excluding hydrogens is 295 g/mol. The molecule has 0 radical (unpaired) electrons. The van der Waals surface area contributed by atoms with Gasteiger partial charge in [0.25, 0.3) is 0 Å². The van der Waals surface area contributed by atoms with Crippen LogP contribution in [-0.2, 0) is 15.6 Å². The molecule has 0 saturated heterocycles. The van der Waals surface area contributed by atoms with Gasteiger partial charge in [0.05, 0.1) is 16.2 Å². The van der Waals surface area contributed by atoms with Crippen molar-refractivity contribution in [2.45, 2.75) is 17.6 Å². The highest BCUT2D eigenvalue weighted by Gasteiger charge is 2.19. The van der Waals surface area contributed by atoms with E-state index in [0.717, 1.165) is 23.8 Å². The van der Waals surface area contributed by atoms with E-state index in [1.807, 2.05) is 0 Å². The van der Waals surface area contributed by atoms with Crippen LogP contribution in [-0.4, -0.2) is 19.5 Å². The first-order valence-corrected chi connectivity index (χ1v) is 7.76. The normalized spacial score (nSPS) is 11.3. The lowest BCUT2D eigenvalue weighted by Crippen LogP contribution is -2.08. The third-order valence-corrected chi connectivity index (χ3v) is 4.65. The molecule has 4 nitrogen and oxygen atoms in total. The number of carboxylic acids is 1. The third-order valence-electron chi connectivity index (χ3n) is 2.99. The average Bonchev–Trinajstić information content (AvgIpc) is 2.41. The van der Waals surface area contributed by atoms with Crippen molar-refractivity contribution in [2.24, 2.45) is 0 Å². The molecule has 2 rings (SSSR count). The van der Waals surface area contributed by atoms with E-state index in [0.29, 0.717) is 0 Å². The van der Waals surface area contributed by atoms with Crippen molar-refractivity contribution in [3.8, 4) is 0 Å². The highest BCUT2D eigenvalue weighted by molar-refractivity contribution is 7.90. The van der Waals surface area contributed by atoms with Crippen LogP contribution in [0.4, 0.5) is 4.39 Å². The Bertz CT molecular complexity index is 797. The highest BCUT2D eigenvalue weighted by atomic mass is 32.2. The number of aryl methyl sites for hydroxylation is 1. The van der Waals surface area contributed by atoms with Crippen molar-refractivity contribution in [1.82, 2.24) is 0 Å². The van der Waals surface area contributed by atoms with E-state index in [2.05, 4.69) is 0 Å². The quantitative estimate of drug-likeness (QED) is 0.942. The molecule has 21 heavy (non-hydrogen) atoms. The second kappa shape index (κ2) is 5.65. The predicted molar refractivity (Wildman–Crippen MR) is 75.4 cm³/mol. The number of carbonyl (C=O) groups is 1. The molecule has 0 bridgehead atoms. The summed E-state index contributed by atoms with van der Waals surface area (Å²) in [6, 6.07) is 9.39. The number of aromatic carboxylic acids is 1. The molecule has 0 aliphatic rings. The molecule has 0 aromatic heterocycles. The molecule has 1 N–H and O–H groups in total. The molecule has 0 spiro atoms. The Kier molecular flexibility index (Phi) is 4.09. The molecule has 110 valence electrons. The largest absolute Gasteiger partial charge is 0.478 e. The number of hydrogen-bond acceptors (Lipinski definition) is 3. The lowest BCUT2D eigenvalue weighted by atomic mass is 10.1. The minimum absolute atomic E-state index is 0.0858. The van der Waals surface area contributed by atoms with Crippen LogP contribution < -0.4 is 0 Å². The van der Waals surface area contributed by atoms with Crippen molar-refractivity contribution in [3.05, 3.63) is 65.0 Å². The van der Waals surface area contributed by atoms with Gasteiger partial charge in [-0.3, -0.25) is 0 Å². The van der Waals surface area contributed by atoms with Crippen LogP contribution in [0.3, 0.4) is 0 Å². The topological polar surface area (TPSA) is 71.4 Å². The van der Waals surface area contributed by atoms with E-state index in [4.69, 9.17) is 5.11 Å². The Morgan fingerprint density at radius 2 is 1.90 bits per heavy atom. The molecule has 0 amide bonds. The van der Waals surface area contributed by atoms with Gasteiger partial charge in [0.15, 0.2) is 9.84 Å². The zero-order chi connectivity index (χ0) is 15.6. The zero-order valence-corrected chi connectivity index (χ0v) is 12.0. The number of rotatable bonds is 4. The highest BCUT2D eigenvalue weighted by Crippen LogP contribution is 2.20. The van der Waals surface area contributed by atoms with Crippen molar-refractivity contribution in [1.29, 1.82) is 0 Å². The molecule has 0 aliphatic heterocycles. The number of benzene rings is 2. The fourth-order valence-corrected chi connectivity index (χ4v) is 3.36. The van der Waals surface area contributed by atoms with Crippen LogP contribution >= 0.6 is 0 Å². The van der Waals surface area contributed by atoms with Gasteiger partial charge in [-0.15, -0.1) is 0 Å². The van der Waals surface area contributed by atoms with E-state index < -0.39 is 27.4 Å². The standard InChI is InChI=1S/C15H13FO4S/c1-10-3-2-4-13(7-10)21(19,20)9-12-8-11(15(17)18)5-6-14(12)16/h2-8H,9H2,1H3,(H,17,18). The van der Waals surface area contributed by atoms with E-state index in [-0.39, 0.29) is 16.0 Å². The molecular formula is C15H13FO4S. The Hall–Kier alpha value is -2.21. The smallest absolute Gasteiger partial charge is 0.335 e. The van der Waals surface area contributed by atoms with Gasteiger partial charge in [0.1, 0.15) is 5.82 Å². The maximum absolute atomic E-state index is 13.7. The first kappa shape index (κ1) is 15.2. The third kappa shape index (κ3) is 3.46. The average molecular weight is 308 g/mol. The maximum atomic E-state index is 13.7. The summed E-state index contributed by atoms with van der Waals surface area (Å²) in [5.74, 6) is -2.55. The summed E-state index contributed by atoms with van der Waals surface area (Å²) in [6.45, 7) is 1.75. The molecule has 0 fully saturated rings. The summed E-state index contributed by atoms with van der Waals surface area (Å²) in [4.78, 5) is 11.0. The summed E-state index contributed by atoms with van der Waals surface area (Å²) in [5, 5.41) is 8.88. The second-order valence-corrected chi connectivity index (χ2v) is 6.68. The SMILES string of the molecule is Cc1cccc(S(=O)(=O)Cc2cc(C(=O)O)ccc2F)c1. The number of carboxylic acid groups (broad SMARTS) is 1. The summed E-state index contributed by atoms with van der Waals surface area (Å²) in [7, 11) is -3.73. The molecule has 0 aliphatic carbocycles. The first-order chi connectivity index (χ1) is 9.79. The van der Waals surface area contributed by atoms with Gasteiger partial charge in [-0.25, -0.2) is 17.6 Å². The van der Waals surface area contributed by atoms with Gasteiger partial charge in [-0.2, -0.15) is 0 Å². The van der Waals surface area contributed by atoms with Crippen LogP contribution in [0.15, 0.2) is 47.4 Å². The van der Waals surface area contributed by atoms with Crippen LogP contribution in [0, 0.1) is 12.7 Å². The van der Waals surface area contributed by atoms with Gasteiger partial charge in [0, 0.05) is 5.56 Å². The van der Waals surface area contributed by atoms with E-state index in [1.165, 1.54) is 12.1 Å². The Labute approximate surface area is 121 Å².